The predicted molar refractivity (Wildman–Crippen MR) is 146 cm³/mol. The van der Waals surface area contributed by atoms with Crippen LogP contribution in [0.2, 0.25) is 0 Å². The zero-order chi connectivity index (χ0) is 26.5. The summed E-state index contributed by atoms with van der Waals surface area (Å²) < 4.78 is 42.3. The van der Waals surface area contributed by atoms with Crippen LogP contribution in [0.1, 0.15) is 11.1 Å². The number of fused-ring (bicyclic) bond motifs is 1. The molecule has 0 aliphatic rings. The fraction of sp³-hybridized carbons (Fsp3) is 0.208. The van der Waals surface area contributed by atoms with Crippen LogP contribution >= 0.6 is 22.6 Å². The molecule has 0 bridgehead atoms. The minimum Gasteiger partial charge on any atom is -0.338 e. The lowest BCUT2D eigenvalue weighted by atomic mass is 10.1. The zero-order valence-electron chi connectivity index (χ0n) is 19.8. The molecule has 0 spiro atoms. The molecule has 4 rings (SSSR count). The van der Waals surface area contributed by atoms with Gasteiger partial charge in [-0.1, -0.05) is 12.1 Å². The SMILES string of the molecule is Cc1c(=O)n(C)c(Nc2ccc(I)cc2F)c2c(=O)n(C)c(=O)n(-c3cccc(CS(C)(=O)=O)c3)c12. The van der Waals surface area contributed by atoms with E-state index in [1.165, 1.54) is 48.4 Å². The van der Waals surface area contributed by atoms with Crippen LogP contribution in [0.4, 0.5) is 15.9 Å². The minimum atomic E-state index is -3.35. The van der Waals surface area contributed by atoms with Gasteiger partial charge in [0.2, 0.25) is 0 Å². The van der Waals surface area contributed by atoms with E-state index >= 15 is 0 Å². The lowest BCUT2D eigenvalue weighted by Gasteiger charge is -2.20. The Hall–Kier alpha value is -3.26. The monoisotopic (exact) mass is 624 g/mol. The number of rotatable bonds is 5. The number of hydrogen-bond donors (Lipinski definition) is 1. The highest BCUT2D eigenvalue weighted by atomic mass is 127. The fourth-order valence-corrected chi connectivity index (χ4v) is 5.33. The predicted octanol–water partition coefficient (Wildman–Crippen LogP) is 2.73. The second-order valence-electron chi connectivity index (χ2n) is 8.53. The number of pyridine rings is 1. The van der Waals surface area contributed by atoms with Crippen molar-refractivity contribution in [1.82, 2.24) is 13.7 Å². The first kappa shape index (κ1) is 25.8. The van der Waals surface area contributed by atoms with Crippen molar-refractivity contribution in [2.45, 2.75) is 12.7 Å². The smallest absolute Gasteiger partial charge is 0.335 e. The summed E-state index contributed by atoms with van der Waals surface area (Å²) in [5, 5.41) is 2.87. The lowest BCUT2D eigenvalue weighted by molar-refractivity contribution is 0.601. The maximum atomic E-state index is 14.7. The number of aromatic nitrogens is 3. The first-order valence-corrected chi connectivity index (χ1v) is 13.8. The Morgan fingerprint density at radius 1 is 1.00 bits per heavy atom. The standard InChI is InChI=1S/C24H22FIN4O5S/c1-13-20-19(21(28(2)22(13)31)27-18-9-8-15(26)11-17(18)25)23(32)29(3)24(33)30(20)16-7-5-6-14(10-16)12-36(4,34)35/h5-11,27H,12H2,1-4H3. The van der Waals surface area contributed by atoms with E-state index in [0.717, 1.165) is 10.8 Å². The van der Waals surface area contributed by atoms with Crippen LogP contribution in [0.3, 0.4) is 0 Å². The first-order chi connectivity index (χ1) is 16.8. The normalized spacial score (nSPS) is 11.7. The zero-order valence-corrected chi connectivity index (χ0v) is 22.8. The molecule has 0 radical (unpaired) electrons. The second-order valence-corrected chi connectivity index (χ2v) is 11.9. The number of hydrogen-bond acceptors (Lipinski definition) is 6. The van der Waals surface area contributed by atoms with Gasteiger partial charge in [-0.3, -0.25) is 23.3 Å². The number of benzene rings is 2. The van der Waals surface area contributed by atoms with E-state index in [1.807, 2.05) is 22.6 Å². The Bertz CT molecular complexity index is 1840. The van der Waals surface area contributed by atoms with Crippen LogP contribution in [0.5, 0.6) is 0 Å². The first-order valence-electron chi connectivity index (χ1n) is 10.6. The molecule has 12 heteroatoms. The molecular formula is C24H22FIN4O5S. The Morgan fingerprint density at radius 2 is 1.69 bits per heavy atom. The average molecular weight is 624 g/mol. The lowest BCUT2D eigenvalue weighted by Crippen LogP contribution is -2.40. The maximum Gasteiger partial charge on any atom is 0.335 e. The highest BCUT2D eigenvalue weighted by Crippen LogP contribution is 2.27. The molecule has 0 saturated carbocycles. The van der Waals surface area contributed by atoms with Gasteiger partial charge < -0.3 is 5.32 Å². The second kappa shape index (κ2) is 9.32. The summed E-state index contributed by atoms with van der Waals surface area (Å²) in [6.45, 7) is 1.50. The highest BCUT2D eigenvalue weighted by Gasteiger charge is 2.23. The van der Waals surface area contributed by atoms with Crippen LogP contribution in [0.15, 0.2) is 56.8 Å². The van der Waals surface area contributed by atoms with Gasteiger partial charge >= 0.3 is 5.69 Å². The molecule has 9 nitrogen and oxygen atoms in total. The number of nitrogens with zero attached hydrogens (tertiary/aromatic N) is 3. The molecular weight excluding hydrogens is 602 g/mol. The summed E-state index contributed by atoms with van der Waals surface area (Å²) in [5.41, 5.74) is -0.942. The van der Waals surface area contributed by atoms with Gasteiger partial charge in [-0.15, -0.1) is 0 Å². The van der Waals surface area contributed by atoms with Crippen LogP contribution in [0.25, 0.3) is 16.6 Å². The molecule has 2 aromatic heterocycles. The van der Waals surface area contributed by atoms with Crippen molar-refractivity contribution < 1.29 is 12.8 Å². The third-order valence-electron chi connectivity index (χ3n) is 5.79. The maximum absolute atomic E-state index is 14.7. The van der Waals surface area contributed by atoms with Gasteiger partial charge in [0, 0.05) is 29.5 Å². The summed E-state index contributed by atoms with van der Waals surface area (Å²) in [7, 11) is -0.605. The fourth-order valence-electron chi connectivity index (χ4n) is 4.10. The van der Waals surface area contributed by atoms with Gasteiger partial charge in [-0.05, 0) is 65.4 Å². The summed E-state index contributed by atoms with van der Waals surface area (Å²) in [4.78, 5) is 39.9. The number of halogens is 2. The molecule has 1 N–H and O–H groups in total. The van der Waals surface area contributed by atoms with Crippen LogP contribution in [0, 0.1) is 16.3 Å². The van der Waals surface area contributed by atoms with Crippen LogP contribution < -0.4 is 22.1 Å². The molecule has 36 heavy (non-hydrogen) atoms. The van der Waals surface area contributed by atoms with Gasteiger partial charge in [-0.25, -0.2) is 17.6 Å². The average Bonchev–Trinajstić information content (AvgIpc) is 2.79. The van der Waals surface area contributed by atoms with Crippen molar-refractivity contribution in [2.24, 2.45) is 14.1 Å². The van der Waals surface area contributed by atoms with Crippen molar-refractivity contribution in [2.75, 3.05) is 11.6 Å². The Labute approximate surface area is 218 Å². The summed E-state index contributed by atoms with van der Waals surface area (Å²) in [5.74, 6) is -0.817. The largest absolute Gasteiger partial charge is 0.338 e. The molecule has 188 valence electrons. The van der Waals surface area contributed by atoms with Crippen molar-refractivity contribution in [3.63, 3.8) is 0 Å². The van der Waals surface area contributed by atoms with Gasteiger partial charge in [-0.2, -0.15) is 0 Å². The van der Waals surface area contributed by atoms with Crippen molar-refractivity contribution in [1.29, 1.82) is 0 Å². The van der Waals surface area contributed by atoms with Gasteiger partial charge in [0.1, 0.15) is 17.0 Å². The van der Waals surface area contributed by atoms with Gasteiger partial charge in [0.05, 0.1) is 22.6 Å². The Balaban J connectivity index is 2.12. The van der Waals surface area contributed by atoms with E-state index in [0.29, 0.717) is 9.13 Å². The highest BCUT2D eigenvalue weighted by molar-refractivity contribution is 14.1. The Morgan fingerprint density at radius 3 is 2.33 bits per heavy atom. The molecule has 0 atom stereocenters. The molecule has 0 aliphatic carbocycles. The van der Waals surface area contributed by atoms with E-state index in [2.05, 4.69) is 5.32 Å². The molecule has 2 aromatic carbocycles. The molecule has 0 unspecified atom stereocenters. The number of sulfone groups is 1. The summed E-state index contributed by atoms with van der Waals surface area (Å²) >= 11 is 1.97. The number of nitrogens with one attached hydrogen (secondary N) is 1. The van der Waals surface area contributed by atoms with Crippen molar-refractivity contribution in [3.05, 3.63) is 94.2 Å². The molecule has 0 amide bonds. The van der Waals surface area contributed by atoms with Crippen molar-refractivity contribution >= 4 is 54.8 Å². The molecule has 4 aromatic rings. The van der Waals surface area contributed by atoms with E-state index in [4.69, 9.17) is 0 Å². The third kappa shape index (κ3) is 4.62. The summed E-state index contributed by atoms with van der Waals surface area (Å²) in [6, 6.07) is 10.8. The quantitative estimate of drug-likeness (QED) is 0.342. The van der Waals surface area contributed by atoms with Gasteiger partial charge in [0.15, 0.2) is 9.84 Å². The molecule has 2 heterocycles. The Kier molecular flexibility index (Phi) is 6.68. The molecule has 0 aliphatic heterocycles. The summed E-state index contributed by atoms with van der Waals surface area (Å²) in [6.07, 6.45) is 1.10. The minimum absolute atomic E-state index is 0.00293. The van der Waals surface area contributed by atoms with Crippen LogP contribution in [-0.2, 0) is 29.7 Å². The van der Waals surface area contributed by atoms with Gasteiger partial charge in [0.25, 0.3) is 11.1 Å². The van der Waals surface area contributed by atoms with E-state index in [1.54, 1.807) is 24.3 Å². The number of anilines is 2. The van der Waals surface area contributed by atoms with E-state index < -0.39 is 32.5 Å². The van der Waals surface area contributed by atoms with E-state index in [9.17, 15) is 27.2 Å². The van der Waals surface area contributed by atoms with Crippen molar-refractivity contribution in [3.8, 4) is 5.69 Å². The number of aryl methyl sites for hydroxylation is 1. The van der Waals surface area contributed by atoms with Crippen LogP contribution in [-0.4, -0.2) is 28.4 Å². The third-order valence-corrected chi connectivity index (χ3v) is 7.32. The molecule has 0 saturated heterocycles. The molecule has 0 fully saturated rings. The topological polar surface area (TPSA) is 112 Å². The van der Waals surface area contributed by atoms with E-state index in [-0.39, 0.29) is 39.4 Å².